The fourth-order valence-corrected chi connectivity index (χ4v) is 3.48. The van der Waals surface area contributed by atoms with Crippen LogP contribution in [0.2, 0.25) is 0 Å². The maximum absolute atomic E-state index is 13.1. The number of aromatic nitrogens is 2. The zero-order valence-corrected chi connectivity index (χ0v) is 19.5. The second-order valence-corrected chi connectivity index (χ2v) is 8.79. The zero-order chi connectivity index (χ0) is 23.3. The van der Waals surface area contributed by atoms with E-state index < -0.39 is 11.7 Å². The molecule has 0 unspecified atom stereocenters. The number of hydrogen-bond acceptors (Lipinski definition) is 7. The van der Waals surface area contributed by atoms with E-state index >= 15 is 0 Å². The number of ketones is 1. The Hall–Kier alpha value is -3.33. The van der Waals surface area contributed by atoms with Crippen LogP contribution in [0.3, 0.4) is 0 Å². The van der Waals surface area contributed by atoms with Gasteiger partial charge in [0.2, 0.25) is 0 Å². The molecule has 0 bridgehead atoms. The summed E-state index contributed by atoms with van der Waals surface area (Å²) in [4.78, 5) is 35.9. The van der Waals surface area contributed by atoms with E-state index in [1.54, 1.807) is 33.0 Å². The van der Waals surface area contributed by atoms with Gasteiger partial charge in [-0.25, -0.2) is 14.8 Å². The highest BCUT2D eigenvalue weighted by atomic mass is 32.1. The Balaban J connectivity index is 1.87. The summed E-state index contributed by atoms with van der Waals surface area (Å²) in [5, 5.41) is 6.37. The SMILES string of the molecule is Cc1nccc(CNC2=C(C(=S)Nc3ccccc3)C(=O)CN(C(=O)OC(C)(C)C)C2)n1. The molecule has 1 aliphatic rings. The van der Waals surface area contributed by atoms with E-state index in [1.807, 2.05) is 37.3 Å². The Labute approximate surface area is 193 Å². The Bertz CT molecular complexity index is 1050. The van der Waals surface area contributed by atoms with E-state index in [0.717, 1.165) is 11.4 Å². The van der Waals surface area contributed by atoms with Crippen LogP contribution >= 0.6 is 12.2 Å². The van der Waals surface area contributed by atoms with Gasteiger partial charge in [0.05, 0.1) is 30.9 Å². The van der Waals surface area contributed by atoms with Crippen molar-refractivity contribution in [3.8, 4) is 0 Å². The quantitative estimate of drug-likeness (QED) is 0.665. The highest BCUT2D eigenvalue weighted by Crippen LogP contribution is 2.20. The maximum Gasteiger partial charge on any atom is 0.411 e. The average molecular weight is 454 g/mol. The van der Waals surface area contributed by atoms with Crippen LogP contribution in [0.5, 0.6) is 0 Å². The van der Waals surface area contributed by atoms with Crippen molar-refractivity contribution in [2.75, 3.05) is 18.4 Å². The van der Waals surface area contributed by atoms with Crippen LogP contribution in [-0.4, -0.2) is 50.4 Å². The number of anilines is 1. The molecule has 2 aromatic rings. The van der Waals surface area contributed by atoms with Crippen molar-refractivity contribution in [2.45, 2.75) is 39.8 Å². The molecule has 1 aliphatic heterocycles. The number of para-hydroxylation sites is 1. The van der Waals surface area contributed by atoms with Crippen molar-refractivity contribution < 1.29 is 14.3 Å². The zero-order valence-electron chi connectivity index (χ0n) is 18.6. The molecule has 1 amide bonds. The van der Waals surface area contributed by atoms with Gasteiger partial charge in [-0.3, -0.25) is 9.69 Å². The number of amides is 1. The third kappa shape index (κ3) is 6.34. The van der Waals surface area contributed by atoms with Gasteiger partial charge in [-0.05, 0) is 45.9 Å². The Morgan fingerprint density at radius 3 is 2.56 bits per heavy atom. The predicted octanol–water partition coefficient (Wildman–Crippen LogP) is 3.39. The molecule has 0 aliphatic carbocycles. The normalized spacial score (nSPS) is 14.2. The van der Waals surface area contributed by atoms with Crippen molar-refractivity contribution in [1.29, 1.82) is 0 Å². The second kappa shape index (κ2) is 9.86. The molecule has 0 saturated heterocycles. The summed E-state index contributed by atoms with van der Waals surface area (Å²) in [5.41, 5.74) is 1.76. The fourth-order valence-electron chi connectivity index (χ4n) is 3.13. The number of rotatable bonds is 5. The highest BCUT2D eigenvalue weighted by molar-refractivity contribution is 7.81. The minimum atomic E-state index is -0.666. The molecule has 9 heteroatoms. The first-order chi connectivity index (χ1) is 15.1. The van der Waals surface area contributed by atoms with E-state index in [1.165, 1.54) is 4.90 Å². The lowest BCUT2D eigenvalue weighted by molar-refractivity contribution is -0.116. The molecule has 32 heavy (non-hydrogen) atoms. The lowest BCUT2D eigenvalue weighted by Gasteiger charge is -2.32. The van der Waals surface area contributed by atoms with Crippen molar-refractivity contribution in [3.05, 3.63) is 65.4 Å². The summed E-state index contributed by atoms with van der Waals surface area (Å²) < 4.78 is 5.46. The molecule has 2 N–H and O–H groups in total. The molecule has 0 fully saturated rings. The summed E-state index contributed by atoms with van der Waals surface area (Å²) in [7, 11) is 0. The van der Waals surface area contributed by atoms with Crippen LogP contribution in [0, 0.1) is 6.92 Å². The Morgan fingerprint density at radius 2 is 1.91 bits per heavy atom. The van der Waals surface area contributed by atoms with Crippen LogP contribution in [0.25, 0.3) is 0 Å². The molecule has 0 radical (unpaired) electrons. The number of nitrogens with zero attached hydrogens (tertiary/aromatic N) is 3. The number of carbonyl (C=O) groups is 2. The number of benzene rings is 1. The van der Waals surface area contributed by atoms with E-state index in [-0.39, 0.29) is 18.9 Å². The van der Waals surface area contributed by atoms with Crippen molar-refractivity contribution in [1.82, 2.24) is 20.2 Å². The molecule has 3 rings (SSSR count). The first-order valence-electron chi connectivity index (χ1n) is 10.3. The van der Waals surface area contributed by atoms with Gasteiger partial charge < -0.3 is 15.4 Å². The molecule has 2 heterocycles. The monoisotopic (exact) mass is 453 g/mol. The number of ether oxygens (including phenoxy) is 1. The van der Waals surface area contributed by atoms with E-state index in [2.05, 4.69) is 20.6 Å². The smallest absolute Gasteiger partial charge is 0.411 e. The molecule has 0 atom stereocenters. The third-order valence-electron chi connectivity index (χ3n) is 4.49. The number of Topliss-reactive ketones (excluding diaryl/α,β-unsaturated/α-hetero) is 1. The van der Waals surface area contributed by atoms with Gasteiger partial charge in [0.1, 0.15) is 16.4 Å². The first kappa shape index (κ1) is 23.3. The molecule has 1 aromatic heterocycles. The van der Waals surface area contributed by atoms with E-state index in [9.17, 15) is 9.59 Å². The van der Waals surface area contributed by atoms with E-state index in [4.69, 9.17) is 17.0 Å². The molecule has 1 aromatic carbocycles. The number of aryl methyl sites for hydroxylation is 1. The first-order valence-corrected chi connectivity index (χ1v) is 10.7. The standard InChI is InChI=1S/C23H27N5O3S/c1-15-24-11-10-17(26-15)12-25-18-13-28(22(30)31-23(2,3)4)14-19(29)20(18)21(32)27-16-8-6-5-7-9-16/h5-11,25H,12-14H2,1-4H3,(H,27,32). The Morgan fingerprint density at radius 1 is 1.19 bits per heavy atom. The number of thiocarbonyl (C=S) groups is 1. The topological polar surface area (TPSA) is 96.5 Å². The predicted molar refractivity (Wildman–Crippen MR) is 126 cm³/mol. The Kier molecular flexibility index (Phi) is 7.19. The number of nitrogens with one attached hydrogen (secondary N) is 2. The molecule has 8 nitrogen and oxygen atoms in total. The number of hydrogen-bond donors (Lipinski definition) is 2. The van der Waals surface area contributed by atoms with Gasteiger partial charge in [0, 0.05) is 17.6 Å². The van der Waals surface area contributed by atoms with E-state index in [0.29, 0.717) is 28.6 Å². The fraction of sp³-hybridized carbons (Fsp3) is 0.348. The lowest BCUT2D eigenvalue weighted by atomic mass is 10.0. The molecule has 0 spiro atoms. The minimum absolute atomic E-state index is 0.112. The van der Waals surface area contributed by atoms with Crippen LogP contribution in [0.1, 0.15) is 32.3 Å². The highest BCUT2D eigenvalue weighted by Gasteiger charge is 2.33. The minimum Gasteiger partial charge on any atom is -0.444 e. The molecular weight excluding hydrogens is 426 g/mol. The number of carbonyl (C=O) groups excluding carboxylic acids is 2. The molecule has 168 valence electrons. The van der Waals surface area contributed by atoms with Crippen molar-refractivity contribution >= 4 is 34.8 Å². The maximum atomic E-state index is 13.1. The van der Waals surface area contributed by atoms with Gasteiger partial charge in [0.15, 0.2) is 5.78 Å². The van der Waals surface area contributed by atoms with Gasteiger partial charge in [-0.2, -0.15) is 0 Å². The molecule has 0 saturated carbocycles. The summed E-state index contributed by atoms with van der Waals surface area (Å²) in [6.45, 7) is 7.57. The average Bonchev–Trinajstić information content (AvgIpc) is 2.71. The summed E-state index contributed by atoms with van der Waals surface area (Å²) in [6, 6.07) is 11.2. The van der Waals surface area contributed by atoms with Crippen LogP contribution in [-0.2, 0) is 16.1 Å². The third-order valence-corrected chi connectivity index (χ3v) is 4.80. The van der Waals surface area contributed by atoms with Gasteiger partial charge in [-0.1, -0.05) is 30.4 Å². The largest absolute Gasteiger partial charge is 0.444 e. The van der Waals surface area contributed by atoms with Gasteiger partial charge in [-0.15, -0.1) is 0 Å². The second-order valence-electron chi connectivity index (χ2n) is 8.38. The van der Waals surface area contributed by atoms with Crippen LogP contribution in [0.4, 0.5) is 10.5 Å². The van der Waals surface area contributed by atoms with Gasteiger partial charge in [0.25, 0.3) is 0 Å². The van der Waals surface area contributed by atoms with Gasteiger partial charge >= 0.3 is 6.09 Å². The van der Waals surface area contributed by atoms with Crippen molar-refractivity contribution in [2.24, 2.45) is 0 Å². The van der Waals surface area contributed by atoms with Crippen LogP contribution < -0.4 is 10.6 Å². The summed E-state index contributed by atoms with van der Waals surface area (Å²) in [5.74, 6) is 0.381. The summed E-state index contributed by atoms with van der Waals surface area (Å²) >= 11 is 5.56. The summed E-state index contributed by atoms with van der Waals surface area (Å²) in [6.07, 6.45) is 1.12. The lowest BCUT2D eigenvalue weighted by Crippen LogP contribution is -2.48. The molecular formula is C23H27N5O3S. The van der Waals surface area contributed by atoms with Crippen LogP contribution in [0.15, 0.2) is 53.9 Å². The van der Waals surface area contributed by atoms with Crippen molar-refractivity contribution in [3.63, 3.8) is 0 Å².